The molecule has 40 heavy (non-hydrogen) atoms. The molecule has 1 fully saturated rings. The van der Waals surface area contributed by atoms with Crippen LogP contribution in [0.15, 0.2) is 47.1 Å². The molecular formula is C28H24ClFN6O3S. The van der Waals surface area contributed by atoms with E-state index in [4.69, 9.17) is 21.1 Å². The van der Waals surface area contributed by atoms with Gasteiger partial charge in [-0.05, 0) is 62.6 Å². The van der Waals surface area contributed by atoms with Gasteiger partial charge in [-0.3, -0.25) is 14.2 Å². The molecule has 2 amide bonds. The number of halogens is 2. The number of hydrogen-bond donors (Lipinski definition) is 1. The van der Waals surface area contributed by atoms with Gasteiger partial charge in [0.15, 0.2) is 5.13 Å². The molecule has 0 spiro atoms. The highest BCUT2D eigenvalue weighted by Crippen LogP contribution is 2.40. The van der Waals surface area contributed by atoms with Crippen molar-refractivity contribution in [1.82, 2.24) is 25.0 Å². The van der Waals surface area contributed by atoms with Crippen molar-refractivity contribution in [1.29, 1.82) is 0 Å². The SMILES string of the molecule is CNC(=O)c1cnc(-n2c([C@@H]3CCCC(=O)N3c3ccc(F)c(Cl)c3)nc3cc(-c4c(C)noc4C)ccc32)s1. The second kappa shape index (κ2) is 10.1. The first kappa shape index (κ1) is 26.1. The minimum atomic E-state index is -0.560. The Labute approximate surface area is 237 Å². The second-order valence-electron chi connectivity index (χ2n) is 9.56. The number of fused-ring (bicyclic) bond motifs is 1. The Kier molecular flexibility index (Phi) is 6.63. The number of aryl methyl sites for hydroxylation is 2. The van der Waals surface area contributed by atoms with E-state index >= 15 is 0 Å². The molecular weight excluding hydrogens is 555 g/mol. The van der Waals surface area contributed by atoms with Crippen LogP contribution in [0.25, 0.3) is 27.3 Å². The first-order valence-electron chi connectivity index (χ1n) is 12.7. The second-order valence-corrected chi connectivity index (χ2v) is 11.0. The van der Waals surface area contributed by atoms with Crippen molar-refractivity contribution in [3.8, 4) is 16.3 Å². The van der Waals surface area contributed by atoms with E-state index in [-0.39, 0.29) is 16.8 Å². The van der Waals surface area contributed by atoms with Crippen LogP contribution in [-0.2, 0) is 4.79 Å². The van der Waals surface area contributed by atoms with Crippen LogP contribution in [0.2, 0.25) is 5.02 Å². The maximum atomic E-state index is 14.0. The number of carbonyl (C=O) groups excluding carboxylic acids is 2. The molecule has 204 valence electrons. The van der Waals surface area contributed by atoms with Gasteiger partial charge in [-0.15, -0.1) is 0 Å². The van der Waals surface area contributed by atoms with Gasteiger partial charge in [0.05, 0.1) is 34.0 Å². The summed E-state index contributed by atoms with van der Waals surface area (Å²) in [6.45, 7) is 3.74. The van der Waals surface area contributed by atoms with Gasteiger partial charge >= 0.3 is 0 Å². The fraction of sp³-hybridized carbons (Fsp3) is 0.250. The third-order valence-corrected chi connectivity index (χ3v) is 8.34. The van der Waals surface area contributed by atoms with Crippen molar-refractivity contribution in [2.24, 2.45) is 0 Å². The lowest BCUT2D eigenvalue weighted by Crippen LogP contribution is -2.39. The summed E-state index contributed by atoms with van der Waals surface area (Å²) >= 11 is 7.34. The smallest absolute Gasteiger partial charge is 0.262 e. The molecule has 0 saturated carbocycles. The predicted octanol–water partition coefficient (Wildman–Crippen LogP) is 6.16. The number of imidazole rings is 1. The average molecular weight is 579 g/mol. The number of nitrogens with zero attached hydrogens (tertiary/aromatic N) is 5. The number of anilines is 1. The van der Waals surface area contributed by atoms with Gasteiger partial charge in [0.1, 0.15) is 22.3 Å². The molecule has 6 rings (SSSR count). The summed E-state index contributed by atoms with van der Waals surface area (Å²) in [5, 5.41) is 7.18. The summed E-state index contributed by atoms with van der Waals surface area (Å²) in [6, 6.07) is 9.65. The molecule has 0 unspecified atom stereocenters. The summed E-state index contributed by atoms with van der Waals surface area (Å²) in [5.41, 5.74) is 4.49. The predicted molar refractivity (Wildman–Crippen MR) is 151 cm³/mol. The molecule has 1 atom stereocenters. The molecule has 0 aliphatic carbocycles. The molecule has 0 bridgehead atoms. The Morgan fingerprint density at radius 1 is 1.23 bits per heavy atom. The zero-order valence-electron chi connectivity index (χ0n) is 21.9. The van der Waals surface area contributed by atoms with Crippen LogP contribution in [0.1, 0.15) is 52.3 Å². The molecule has 0 radical (unpaired) electrons. The van der Waals surface area contributed by atoms with E-state index in [1.165, 1.54) is 29.7 Å². The Balaban J connectivity index is 1.56. The van der Waals surface area contributed by atoms with Crippen LogP contribution >= 0.6 is 22.9 Å². The third-order valence-electron chi connectivity index (χ3n) is 7.07. The highest BCUT2D eigenvalue weighted by atomic mass is 35.5. The molecule has 9 nitrogen and oxygen atoms in total. The van der Waals surface area contributed by atoms with E-state index in [1.54, 1.807) is 18.0 Å². The minimum absolute atomic E-state index is 0.0672. The summed E-state index contributed by atoms with van der Waals surface area (Å²) in [4.78, 5) is 37.4. The van der Waals surface area contributed by atoms with Crippen LogP contribution < -0.4 is 10.2 Å². The third kappa shape index (κ3) is 4.35. The van der Waals surface area contributed by atoms with Crippen LogP contribution in [0, 0.1) is 19.7 Å². The van der Waals surface area contributed by atoms with Crippen molar-refractivity contribution in [3.05, 3.63) is 75.6 Å². The molecule has 1 N–H and O–H groups in total. The van der Waals surface area contributed by atoms with E-state index in [2.05, 4.69) is 15.5 Å². The minimum Gasteiger partial charge on any atom is -0.361 e. The molecule has 1 aliphatic heterocycles. The van der Waals surface area contributed by atoms with Gasteiger partial charge in [0.25, 0.3) is 5.91 Å². The van der Waals surface area contributed by atoms with E-state index in [1.807, 2.05) is 36.6 Å². The molecule has 1 aliphatic rings. The number of rotatable bonds is 5. The summed E-state index contributed by atoms with van der Waals surface area (Å²) in [5.74, 6) is 0.362. The number of amides is 2. The average Bonchev–Trinajstić information content (AvgIpc) is 3.66. The Bertz CT molecular complexity index is 1770. The largest absolute Gasteiger partial charge is 0.361 e. The number of hydrogen-bond acceptors (Lipinski definition) is 7. The normalized spacial score (nSPS) is 15.7. The zero-order chi connectivity index (χ0) is 28.1. The van der Waals surface area contributed by atoms with Gasteiger partial charge in [-0.25, -0.2) is 14.4 Å². The number of aromatic nitrogens is 4. The van der Waals surface area contributed by atoms with Crippen LogP contribution in [0.3, 0.4) is 0 Å². The summed E-state index contributed by atoms with van der Waals surface area (Å²) in [7, 11) is 1.56. The lowest BCUT2D eigenvalue weighted by molar-refractivity contribution is -0.120. The first-order valence-corrected chi connectivity index (χ1v) is 13.9. The molecule has 4 heterocycles. The van der Waals surface area contributed by atoms with Gasteiger partial charge < -0.3 is 14.7 Å². The van der Waals surface area contributed by atoms with Gasteiger partial charge in [-0.1, -0.05) is 34.2 Å². The summed E-state index contributed by atoms with van der Waals surface area (Å²) in [6.07, 6.45) is 3.15. The molecule has 12 heteroatoms. The fourth-order valence-electron chi connectivity index (χ4n) is 5.24. The zero-order valence-corrected chi connectivity index (χ0v) is 23.4. The number of benzene rings is 2. The van der Waals surface area contributed by atoms with Crippen molar-refractivity contribution in [2.75, 3.05) is 11.9 Å². The number of nitrogens with one attached hydrogen (secondary N) is 1. The first-order chi connectivity index (χ1) is 19.3. The van der Waals surface area contributed by atoms with Crippen molar-refractivity contribution in [3.63, 3.8) is 0 Å². The molecule has 5 aromatic rings. The van der Waals surface area contributed by atoms with Gasteiger partial charge in [-0.2, -0.15) is 0 Å². The number of thiazole rings is 1. The van der Waals surface area contributed by atoms with E-state index < -0.39 is 11.9 Å². The van der Waals surface area contributed by atoms with Crippen LogP contribution in [0.4, 0.5) is 10.1 Å². The lowest BCUT2D eigenvalue weighted by atomic mass is 9.99. The van der Waals surface area contributed by atoms with Gasteiger partial charge in [0, 0.05) is 24.7 Å². The highest BCUT2D eigenvalue weighted by Gasteiger charge is 2.35. The number of piperidine rings is 1. The van der Waals surface area contributed by atoms with Crippen molar-refractivity contribution in [2.45, 2.75) is 39.2 Å². The van der Waals surface area contributed by atoms with Gasteiger partial charge in [0.2, 0.25) is 5.91 Å². The molecule has 1 saturated heterocycles. The molecule has 2 aromatic carbocycles. The summed E-state index contributed by atoms with van der Waals surface area (Å²) < 4.78 is 21.3. The van der Waals surface area contributed by atoms with Crippen molar-refractivity contribution < 1.29 is 18.5 Å². The number of carbonyl (C=O) groups is 2. The standard InChI is InChI=1S/C28H24ClFN6O3S/c1-14-25(15(2)39-34-14)16-7-10-21-20(11-16)33-26(36(21)28-32-13-23(40-28)27(38)31-3)22-5-4-6-24(37)35(22)17-8-9-19(30)18(29)12-17/h7-13,22H,4-6H2,1-3H3,(H,31,38)/t22-/m0/s1. The topological polar surface area (TPSA) is 106 Å². The van der Waals surface area contributed by atoms with Crippen LogP contribution in [-0.4, -0.2) is 38.6 Å². The quantitative estimate of drug-likeness (QED) is 0.267. The van der Waals surface area contributed by atoms with E-state index in [0.29, 0.717) is 52.1 Å². The van der Waals surface area contributed by atoms with E-state index in [9.17, 15) is 14.0 Å². The maximum Gasteiger partial charge on any atom is 0.262 e. The maximum absolute atomic E-state index is 14.0. The fourth-order valence-corrected chi connectivity index (χ4v) is 6.30. The lowest BCUT2D eigenvalue weighted by Gasteiger charge is -2.35. The van der Waals surface area contributed by atoms with Crippen LogP contribution in [0.5, 0.6) is 0 Å². The molecule has 3 aromatic heterocycles. The van der Waals surface area contributed by atoms with E-state index in [0.717, 1.165) is 22.3 Å². The monoisotopic (exact) mass is 578 g/mol. The Hall–Kier alpha value is -4.09. The Morgan fingerprint density at radius 2 is 2.05 bits per heavy atom. The van der Waals surface area contributed by atoms with Crippen molar-refractivity contribution >= 4 is 51.5 Å². The Morgan fingerprint density at radius 3 is 2.77 bits per heavy atom. The highest BCUT2D eigenvalue weighted by molar-refractivity contribution is 7.16.